The molecule has 1 amide bonds. The summed E-state index contributed by atoms with van der Waals surface area (Å²) in [5.41, 5.74) is -0.235. The number of piperidine rings is 1. The van der Waals surface area contributed by atoms with Gasteiger partial charge in [-0.1, -0.05) is 20.3 Å². The Bertz CT molecular complexity index is 250. The second-order valence-electron chi connectivity index (χ2n) is 5.28. The van der Waals surface area contributed by atoms with Crippen LogP contribution in [0.1, 0.15) is 46.0 Å². The highest BCUT2D eigenvalue weighted by Gasteiger charge is 2.40. The number of hydrogen-bond donors (Lipinski definition) is 2. The molecule has 0 aromatic rings. The lowest BCUT2D eigenvalue weighted by Crippen LogP contribution is -2.52. The second-order valence-corrected chi connectivity index (χ2v) is 5.28. The predicted octanol–water partition coefficient (Wildman–Crippen LogP) is 1.39. The molecule has 0 saturated carbocycles. The number of nitrogens with one attached hydrogen (secondary N) is 1. The molecule has 1 aliphatic rings. The van der Waals surface area contributed by atoms with Gasteiger partial charge in [0.15, 0.2) is 0 Å². The number of carbonyl (C=O) groups excluding carboxylic acids is 1. The van der Waals surface area contributed by atoms with Gasteiger partial charge in [0.2, 0.25) is 5.91 Å². The molecule has 2 N–H and O–H groups in total. The van der Waals surface area contributed by atoms with Gasteiger partial charge >= 0.3 is 0 Å². The third-order valence-corrected chi connectivity index (χ3v) is 4.04. The molecule has 0 aromatic heterocycles. The van der Waals surface area contributed by atoms with E-state index in [9.17, 15) is 4.79 Å². The molecule has 1 aliphatic heterocycles. The van der Waals surface area contributed by atoms with E-state index in [2.05, 4.69) is 19.2 Å². The van der Waals surface area contributed by atoms with Crippen LogP contribution < -0.4 is 5.32 Å². The minimum atomic E-state index is -0.235. The molecule has 1 atom stereocenters. The van der Waals surface area contributed by atoms with Crippen molar-refractivity contribution in [3.63, 3.8) is 0 Å². The smallest absolute Gasteiger partial charge is 0.230 e. The Labute approximate surface area is 111 Å². The first kappa shape index (κ1) is 15.4. The standard InChI is InChI=1S/C14H28N2O2/c1-3-5-9-16(10-11-17)13(18)14(4-2)7-6-8-15-12-14/h15,17H,3-12H2,1-2H3. The Hall–Kier alpha value is -0.610. The van der Waals surface area contributed by atoms with Gasteiger partial charge in [0.05, 0.1) is 12.0 Å². The monoisotopic (exact) mass is 256 g/mol. The number of amides is 1. The number of aliphatic hydroxyl groups excluding tert-OH is 1. The zero-order valence-corrected chi connectivity index (χ0v) is 11.9. The SMILES string of the molecule is CCCCN(CCO)C(=O)C1(CC)CCCNC1. The fourth-order valence-corrected chi connectivity index (χ4v) is 2.72. The highest BCUT2D eigenvalue weighted by atomic mass is 16.3. The van der Waals surface area contributed by atoms with E-state index in [0.29, 0.717) is 6.54 Å². The Kier molecular flexibility index (Phi) is 6.65. The van der Waals surface area contributed by atoms with Gasteiger partial charge < -0.3 is 15.3 Å². The van der Waals surface area contributed by atoms with E-state index in [4.69, 9.17) is 5.11 Å². The van der Waals surface area contributed by atoms with Crippen LogP contribution in [0.25, 0.3) is 0 Å². The summed E-state index contributed by atoms with van der Waals surface area (Å²) in [6, 6.07) is 0. The Morgan fingerprint density at radius 1 is 1.39 bits per heavy atom. The van der Waals surface area contributed by atoms with Crippen molar-refractivity contribution in [3.8, 4) is 0 Å². The van der Waals surface area contributed by atoms with Crippen molar-refractivity contribution in [2.45, 2.75) is 46.0 Å². The number of hydrogen-bond acceptors (Lipinski definition) is 3. The van der Waals surface area contributed by atoms with Crippen LogP contribution in [0, 0.1) is 5.41 Å². The van der Waals surface area contributed by atoms with E-state index < -0.39 is 0 Å². The zero-order chi connectivity index (χ0) is 13.4. The molecule has 4 heteroatoms. The summed E-state index contributed by atoms with van der Waals surface area (Å²) in [6.07, 6.45) is 5.02. The lowest BCUT2D eigenvalue weighted by molar-refractivity contribution is -0.144. The van der Waals surface area contributed by atoms with Gasteiger partial charge in [0, 0.05) is 19.6 Å². The lowest BCUT2D eigenvalue weighted by Gasteiger charge is -2.39. The number of aliphatic hydroxyl groups is 1. The van der Waals surface area contributed by atoms with Crippen LogP contribution in [0.15, 0.2) is 0 Å². The lowest BCUT2D eigenvalue weighted by atomic mass is 9.77. The van der Waals surface area contributed by atoms with Gasteiger partial charge in [0.25, 0.3) is 0 Å². The number of carbonyl (C=O) groups is 1. The van der Waals surface area contributed by atoms with Gasteiger partial charge in [-0.2, -0.15) is 0 Å². The maximum absolute atomic E-state index is 12.7. The quantitative estimate of drug-likeness (QED) is 0.724. The molecule has 4 nitrogen and oxygen atoms in total. The van der Waals surface area contributed by atoms with Gasteiger partial charge in [0.1, 0.15) is 0 Å². The molecule has 1 fully saturated rings. The first-order chi connectivity index (χ1) is 8.70. The average molecular weight is 256 g/mol. The molecule has 0 radical (unpaired) electrons. The van der Waals surface area contributed by atoms with Crippen LogP contribution >= 0.6 is 0 Å². The van der Waals surface area contributed by atoms with Crippen LogP contribution in [-0.2, 0) is 4.79 Å². The Morgan fingerprint density at radius 3 is 2.67 bits per heavy atom. The van der Waals surface area contributed by atoms with Crippen molar-refractivity contribution in [1.82, 2.24) is 10.2 Å². The highest BCUT2D eigenvalue weighted by Crippen LogP contribution is 2.32. The van der Waals surface area contributed by atoms with Gasteiger partial charge in [-0.25, -0.2) is 0 Å². The second kappa shape index (κ2) is 7.74. The molecule has 1 rings (SSSR count). The van der Waals surface area contributed by atoms with Crippen molar-refractivity contribution in [1.29, 1.82) is 0 Å². The zero-order valence-electron chi connectivity index (χ0n) is 11.9. The summed E-state index contributed by atoms with van der Waals surface area (Å²) >= 11 is 0. The third-order valence-electron chi connectivity index (χ3n) is 4.04. The summed E-state index contributed by atoms with van der Waals surface area (Å²) in [4.78, 5) is 14.6. The molecule has 0 bridgehead atoms. The van der Waals surface area contributed by atoms with E-state index in [1.807, 2.05) is 4.90 Å². The maximum Gasteiger partial charge on any atom is 0.230 e. The van der Waals surface area contributed by atoms with Crippen LogP contribution in [-0.4, -0.2) is 48.7 Å². The molecule has 18 heavy (non-hydrogen) atoms. The highest BCUT2D eigenvalue weighted by molar-refractivity contribution is 5.83. The normalized spacial score (nSPS) is 23.9. The summed E-state index contributed by atoms with van der Waals surface area (Å²) < 4.78 is 0. The van der Waals surface area contributed by atoms with Crippen molar-refractivity contribution in [2.24, 2.45) is 5.41 Å². The Morgan fingerprint density at radius 2 is 2.17 bits per heavy atom. The van der Waals surface area contributed by atoms with Crippen molar-refractivity contribution in [2.75, 3.05) is 32.8 Å². The minimum Gasteiger partial charge on any atom is -0.395 e. The fraction of sp³-hybridized carbons (Fsp3) is 0.929. The van der Waals surface area contributed by atoms with Crippen LogP contribution in [0.4, 0.5) is 0 Å². The predicted molar refractivity (Wildman–Crippen MR) is 73.4 cm³/mol. The largest absolute Gasteiger partial charge is 0.395 e. The molecular weight excluding hydrogens is 228 g/mol. The topological polar surface area (TPSA) is 52.6 Å². The molecule has 0 spiro atoms. The van der Waals surface area contributed by atoms with E-state index >= 15 is 0 Å². The van der Waals surface area contributed by atoms with E-state index in [-0.39, 0.29) is 17.9 Å². The van der Waals surface area contributed by atoms with E-state index in [1.54, 1.807) is 0 Å². The molecule has 106 valence electrons. The van der Waals surface area contributed by atoms with Crippen molar-refractivity contribution < 1.29 is 9.90 Å². The van der Waals surface area contributed by atoms with Gasteiger partial charge in [-0.05, 0) is 32.2 Å². The van der Waals surface area contributed by atoms with Crippen LogP contribution in [0.2, 0.25) is 0 Å². The average Bonchev–Trinajstić information content (AvgIpc) is 2.43. The number of unbranched alkanes of at least 4 members (excludes halogenated alkanes) is 1. The molecule has 0 aliphatic carbocycles. The van der Waals surface area contributed by atoms with Crippen LogP contribution in [0.3, 0.4) is 0 Å². The first-order valence-corrected chi connectivity index (χ1v) is 7.31. The summed E-state index contributed by atoms with van der Waals surface area (Å²) in [5, 5.41) is 12.5. The van der Waals surface area contributed by atoms with Crippen molar-refractivity contribution >= 4 is 5.91 Å². The number of rotatable bonds is 7. The molecule has 1 saturated heterocycles. The summed E-state index contributed by atoms with van der Waals surface area (Å²) in [6.45, 7) is 7.34. The maximum atomic E-state index is 12.7. The molecule has 0 aromatic carbocycles. The molecule has 1 heterocycles. The molecule has 1 unspecified atom stereocenters. The fourth-order valence-electron chi connectivity index (χ4n) is 2.72. The Balaban J connectivity index is 2.71. The van der Waals surface area contributed by atoms with Gasteiger partial charge in [-0.15, -0.1) is 0 Å². The minimum absolute atomic E-state index is 0.0582. The van der Waals surface area contributed by atoms with Gasteiger partial charge in [-0.3, -0.25) is 4.79 Å². The first-order valence-electron chi connectivity index (χ1n) is 7.31. The third kappa shape index (κ3) is 3.69. The number of nitrogens with zero attached hydrogens (tertiary/aromatic N) is 1. The summed E-state index contributed by atoms with van der Waals surface area (Å²) in [5.74, 6) is 0.236. The van der Waals surface area contributed by atoms with E-state index in [1.165, 1.54) is 0 Å². The van der Waals surface area contributed by atoms with E-state index in [0.717, 1.165) is 51.7 Å². The van der Waals surface area contributed by atoms with Crippen molar-refractivity contribution in [3.05, 3.63) is 0 Å². The summed E-state index contributed by atoms with van der Waals surface area (Å²) in [7, 11) is 0. The van der Waals surface area contributed by atoms with Crippen LogP contribution in [0.5, 0.6) is 0 Å². The molecular formula is C14H28N2O2.